The van der Waals surface area contributed by atoms with Crippen LogP contribution in [0.1, 0.15) is 28.9 Å². The number of carbonyl (C=O) groups excluding carboxylic acids is 1. The number of hydrogen-bond acceptors (Lipinski definition) is 4. The predicted molar refractivity (Wildman–Crippen MR) is 99.2 cm³/mol. The van der Waals surface area contributed by atoms with Crippen molar-refractivity contribution < 1.29 is 9.53 Å². The number of aromatic nitrogens is 2. The average Bonchev–Trinajstić information content (AvgIpc) is 2.69. The molecule has 26 heavy (non-hydrogen) atoms. The van der Waals surface area contributed by atoms with Crippen LogP contribution in [-0.4, -0.2) is 23.0 Å². The van der Waals surface area contributed by atoms with Gasteiger partial charge in [-0.15, -0.1) is 0 Å². The van der Waals surface area contributed by atoms with Gasteiger partial charge in [0.1, 0.15) is 11.3 Å². The van der Waals surface area contributed by atoms with Gasteiger partial charge in [0, 0.05) is 18.6 Å². The maximum Gasteiger partial charge on any atom is 0.260 e. The standard InChI is InChI=1S/C20H19N3O3/c1-13(14-3-5-17(26-2)6-4-14)23-20(25)18-11-16(12-22-19(18)24)15-7-9-21-10-8-15/h3-13H,1-2H3,(H,22,24)(H,23,25). The van der Waals surface area contributed by atoms with Crippen LogP contribution in [0.5, 0.6) is 5.75 Å². The van der Waals surface area contributed by atoms with E-state index in [2.05, 4.69) is 15.3 Å². The molecule has 132 valence electrons. The lowest BCUT2D eigenvalue weighted by Gasteiger charge is -2.15. The van der Waals surface area contributed by atoms with Gasteiger partial charge in [0.25, 0.3) is 11.5 Å². The highest BCUT2D eigenvalue weighted by Gasteiger charge is 2.15. The molecule has 1 unspecified atom stereocenters. The smallest absolute Gasteiger partial charge is 0.260 e. The van der Waals surface area contributed by atoms with Crippen LogP contribution >= 0.6 is 0 Å². The molecule has 3 rings (SSSR count). The zero-order valence-corrected chi connectivity index (χ0v) is 14.5. The highest BCUT2D eigenvalue weighted by molar-refractivity contribution is 5.95. The number of aromatic amines is 1. The molecule has 2 aromatic heterocycles. The lowest BCUT2D eigenvalue weighted by atomic mass is 10.1. The quantitative estimate of drug-likeness (QED) is 0.742. The van der Waals surface area contributed by atoms with Crippen molar-refractivity contribution in [2.24, 2.45) is 0 Å². The number of carbonyl (C=O) groups is 1. The van der Waals surface area contributed by atoms with Crippen LogP contribution in [0.4, 0.5) is 0 Å². The summed E-state index contributed by atoms with van der Waals surface area (Å²) in [6.07, 6.45) is 4.90. The Balaban J connectivity index is 1.81. The molecule has 3 aromatic rings. The van der Waals surface area contributed by atoms with E-state index in [-0.39, 0.29) is 11.6 Å². The zero-order chi connectivity index (χ0) is 18.5. The highest BCUT2D eigenvalue weighted by atomic mass is 16.5. The van der Waals surface area contributed by atoms with Crippen LogP contribution in [0.2, 0.25) is 0 Å². The Morgan fingerprint density at radius 3 is 2.46 bits per heavy atom. The van der Waals surface area contributed by atoms with E-state index in [0.717, 1.165) is 22.4 Å². The number of amides is 1. The second-order valence-electron chi connectivity index (χ2n) is 5.84. The van der Waals surface area contributed by atoms with Crippen molar-refractivity contribution in [3.63, 3.8) is 0 Å². The minimum Gasteiger partial charge on any atom is -0.497 e. The molecule has 0 radical (unpaired) electrons. The maximum absolute atomic E-state index is 12.6. The van der Waals surface area contributed by atoms with E-state index in [1.807, 2.05) is 43.3 Å². The number of nitrogens with one attached hydrogen (secondary N) is 2. The van der Waals surface area contributed by atoms with Crippen LogP contribution in [0.25, 0.3) is 11.1 Å². The first-order valence-electron chi connectivity index (χ1n) is 8.16. The second kappa shape index (κ2) is 7.65. The van der Waals surface area contributed by atoms with E-state index >= 15 is 0 Å². The third kappa shape index (κ3) is 3.80. The van der Waals surface area contributed by atoms with E-state index in [1.54, 1.807) is 31.8 Å². The summed E-state index contributed by atoms with van der Waals surface area (Å²) in [6, 6.07) is 12.4. The lowest BCUT2D eigenvalue weighted by Crippen LogP contribution is -2.31. The van der Waals surface area contributed by atoms with Crippen molar-refractivity contribution in [3.8, 4) is 16.9 Å². The fourth-order valence-electron chi connectivity index (χ4n) is 2.61. The second-order valence-corrected chi connectivity index (χ2v) is 5.84. The minimum atomic E-state index is -0.428. The third-order valence-corrected chi connectivity index (χ3v) is 4.12. The topological polar surface area (TPSA) is 84.1 Å². The molecule has 0 aliphatic rings. The molecular formula is C20H19N3O3. The Morgan fingerprint density at radius 1 is 1.12 bits per heavy atom. The van der Waals surface area contributed by atoms with Gasteiger partial charge in [0.15, 0.2) is 0 Å². The van der Waals surface area contributed by atoms with E-state index < -0.39 is 11.5 Å². The molecule has 2 N–H and O–H groups in total. The molecule has 0 aliphatic heterocycles. The van der Waals surface area contributed by atoms with Crippen molar-refractivity contribution in [1.82, 2.24) is 15.3 Å². The highest BCUT2D eigenvalue weighted by Crippen LogP contribution is 2.19. The number of H-pyrrole nitrogens is 1. The number of hydrogen-bond donors (Lipinski definition) is 2. The Bertz CT molecular complexity index is 950. The third-order valence-electron chi connectivity index (χ3n) is 4.12. The number of pyridine rings is 2. The average molecular weight is 349 g/mol. The largest absolute Gasteiger partial charge is 0.497 e. The van der Waals surface area contributed by atoms with Gasteiger partial charge in [-0.2, -0.15) is 0 Å². The molecular weight excluding hydrogens is 330 g/mol. The Kier molecular flexibility index (Phi) is 5.12. The fourth-order valence-corrected chi connectivity index (χ4v) is 2.61. The van der Waals surface area contributed by atoms with Crippen LogP contribution in [0.15, 0.2) is 65.8 Å². The normalized spacial score (nSPS) is 11.6. The molecule has 0 bridgehead atoms. The number of ether oxygens (including phenoxy) is 1. The number of nitrogens with zero attached hydrogens (tertiary/aromatic N) is 1. The molecule has 1 atom stereocenters. The van der Waals surface area contributed by atoms with Crippen LogP contribution in [0, 0.1) is 0 Å². The predicted octanol–water partition coefficient (Wildman–Crippen LogP) is 2.94. The van der Waals surface area contributed by atoms with Gasteiger partial charge in [-0.1, -0.05) is 12.1 Å². The molecule has 0 spiro atoms. The van der Waals surface area contributed by atoms with Crippen molar-refractivity contribution in [1.29, 1.82) is 0 Å². The van der Waals surface area contributed by atoms with Crippen molar-refractivity contribution in [2.45, 2.75) is 13.0 Å². The zero-order valence-electron chi connectivity index (χ0n) is 14.5. The van der Waals surface area contributed by atoms with E-state index in [4.69, 9.17) is 4.74 Å². The molecule has 0 saturated heterocycles. The summed E-state index contributed by atoms with van der Waals surface area (Å²) in [4.78, 5) is 31.3. The molecule has 0 fully saturated rings. The number of benzene rings is 1. The Hall–Kier alpha value is -3.41. The van der Waals surface area contributed by atoms with Gasteiger partial charge >= 0.3 is 0 Å². The summed E-state index contributed by atoms with van der Waals surface area (Å²) in [5.74, 6) is 0.319. The molecule has 0 saturated carbocycles. The molecule has 6 nitrogen and oxygen atoms in total. The first kappa shape index (κ1) is 17.4. The summed E-state index contributed by atoms with van der Waals surface area (Å²) in [6.45, 7) is 1.86. The molecule has 0 aliphatic carbocycles. The number of rotatable bonds is 5. The monoisotopic (exact) mass is 349 g/mol. The molecule has 1 aromatic carbocycles. The van der Waals surface area contributed by atoms with Gasteiger partial charge in [-0.25, -0.2) is 0 Å². The van der Waals surface area contributed by atoms with E-state index in [0.29, 0.717) is 0 Å². The summed E-state index contributed by atoms with van der Waals surface area (Å²) in [5.41, 5.74) is 2.17. The van der Waals surface area contributed by atoms with Gasteiger partial charge in [0.2, 0.25) is 0 Å². The molecule has 1 amide bonds. The van der Waals surface area contributed by atoms with E-state index in [9.17, 15) is 9.59 Å². The SMILES string of the molecule is COc1ccc(C(C)NC(=O)c2cc(-c3ccncc3)c[nH]c2=O)cc1. The first-order valence-corrected chi connectivity index (χ1v) is 8.16. The Labute approximate surface area is 150 Å². The van der Waals surface area contributed by atoms with Crippen LogP contribution in [-0.2, 0) is 0 Å². The van der Waals surface area contributed by atoms with Crippen LogP contribution in [0.3, 0.4) is 0 Å². The van der Waals surface area contributed by atoms with Crippen molar-refractivity contribution >= 4 is 5.91 Å². The first-order chi connectivity index (χ1) is 12.6. The van der Waals surface area contributed by atoms with Gasteiger partial charge < -0.3 is 15.0 Å². The van der Waals surface area contributed by atoms with Gasteiger partial charge in [-0.05, 0) is 53.9 Å². The molecule has 2 heterocycles. The van der Waals surface area contributed by atoms with Crippen molar-refractivity contribution in [3.05, 3.63) is 82.5 Å². The van der Waals surface area contributed by atoms with Gasteiger partial charge in [0.05, 0.1) is 13.2 Å². The fraction of sp³-hybridized carbons (Fsp3) is 0.150. The Morgan fingerprint density at radius 2 is 1.81 bits per heavy atom. The minimum absolute atomic E-state index is 0.0691. The van der Waals surface area contributed by atoms with Gasteiger partial charge in [-0.3, -0.25) is 14.6 Å². The van der Waals surface area contributed by atoms with Crippen molar-refractivity contribution in [2.75, 3.05) is 7.11 Å². The molecule has 6 heteroatoms. The summed E-state index contributed by atoms with van der Waals surface area (Å²) >= 11 is 0. The van der Waals surface area contributed by atoms with Crippen LogP contribution < -0.4 is 15.6 Å². The summed E-state index contributed by atoms with van der Waals surface area (Å²) in [5, 5.41) is 2.86. The van der Waals surface area contributed by atoms with E-state index in [1.165, 1.54) is 0 Å². The maximum atomic E-state index is 12.6. The lowest BCUT2D eigenvalue weighted by molar-refractivity contribution is 0.0938. The summed E-state index contributed by atoms with van der Waals surface area (Å²) < 4.78 is 5.13. The number of methoxy groups -OCH3 is 1. The summed E-state index contributed by atoms with van der Waals surface area (Å²) in [7, 11) is 1.60.